The van der Waals surface area contributed by atoms with Crippen molar-refractivity contribution in [3.8, 4) is 0 Å². The zero-order chi connectivity index (χ0) is 14.2. The van der Waals surface area contributed by atoms with Crippen molar-refractivity contribution in [2.45, 2.75) is 19.1 Å². The molecule has 1 saturated heterocycles. The SMILES string of the molecule is CCS(=O)(=O)C1CN(C(=O)c2ccc(C)c(F)c2)C1. The molecule has 4 nitrogen and oxygen atoms in total. The lowest BCUT2D eigenvalue weighted by Crippen LogP contribution is -2.57. The second kappa shape index (κ2) is 4.92. The number of sulfone groups is 1. The van der Waals surface area contributed by atoms with Gasteiger partial charge in [-0.05, 0) is 24.6 Å². The van der Waals surface area contributed by atoms with Crippen molar-refractivity contribution in [3.05, 3.63) is 35.1 Å². The number of carbonyl (C=O) groups is 1. The molecule has 0 aromatic heterocycles. The van der Waals surface area contributed by atoms with Gasteiger partial charge in [-0.3, -0.25) is 4.79 Å². The van der Waals surface area contributed by atoms with Crippen LogP contribution in [0.4, 0.5) is 4.39 Å². The largest absolute Gasteiger partial charge is 0.336 e. The number of nitrogens with zero attached hydrogens (tertiary/aromatic N) is 1. The zero-order valence-corrected chi connectivity index (χ0v) is 11.7. The normalized spacial score (nSPS) is 16.3. The molecule has 19 heavy (non-hydrogen) atoms. The summed E-state index contributed by atoms with van der Waals surface area (Å²) in [5.41, 5.74) is 0.738. The Morgan fingerprint density at radius 2 is 2.05 bits per heavy atom. The third kappa shape index (κ3) is 2.63. The van der Waals surface area contributed by atoms with Crippen molar-refractivity contribution < 1.29 is 17.6 Å². The van der Waals surface area contributed by atoms with Gasteiger partial charge >= 0.3 is 0 Å². The molecule has 0 N–H and O–H groups in total. The standard InChI is InChI=1S/C13H16FNO3S/c1-3-19(17,18)11-7-15(8-11)13(16)10-5-4-9(2)12(14)6-10/h4-6,11H,3,7-8H2,1-2H3. The Kier molecular flexibility index (Phi) is 3.62. The molecule has 0 unspecified atom stereocenters. The number of amides is 1. The predicted octanol–water partition coefficient (Wildman–Crippen LogP) is 1.39. The number of likely N-dealkylation sites (tertiary alicyclic amines) is 1. The van der Waals surface area contributed by atoms with E-state index in [-0.39, 0.29) is 30.3 Å². The molecule has 1 aliphatic heterocycles. The molecule has 0 atom stereocenters. The minimum Gasteiger partial charge on any atom is -0.336 e. The highest BCUT2D eigenvalue weighted by molar-refractivity contribution is 7.92. The van der Waals surface area contributed by atoms with Crippen LogP contribution in [0.25, 0.3) is 0 Å². The molecule has 0 radical (unpaired) electrons. The van der Waals surface area contributed by atoms with Crippen molar-refractivity contribution >= 4 is 15.7 Å². The maximum absolute atomic E-state index is 13.4. The number of halogens is 1. The van der Waals surface area contributed by atoms with Crippen LogP contribution in [-0.4, -0.2) is 43.3 Å². The van der Waals surface area contributed by atoms with Crippen LogP contribution in [-0.2, 0) is 9.84 Å². The zero-order valence-electron chi connectivity index (χ0n) is 10.9. The molecule has 0 bridgehead atoms. The van der Waals surface area contributed by atoms with Gasteiger partial charge in [0.2, 0.25) is 0 Å². The molecule has 0 aliphatic carbocycles. The molecule has 1 fully saturated rings. The Hall–Kier alpha value is -1.43. The summed E-state index contributed by atoms with van der Waals surface area (Å²) in [6.45, 7) is 3.61. The minimum absolute atomic E-state index is 0.0822. The maximum Gasteiger partial charge on any atom is 0.254 e. The summed E-state index contributed by atoms with van der Waals surface area (Å²) in [5.74, 6) is -0.663. The lowest BCUT2D eigenvalue weighted by Gasteiger charge is -2.38. The number of benzene rings is 1. The van der Waals surface area contributed by atoms with E-state index in [0.29, 0.717) is 5.56 Å². The predicted molar refractivity (Wildman–Crippen MR) is 70.3 cm³/mol. The van der Waals surface area contributed by atoms with Crippen molar-refractivity contribution in [1.82, 2.24) is 4.90 Å². The summed E-state index contributed by atoms with van der Waals surface area (Å²) in [6.07, 6.45) is 0. The summed E-state index contributed by atoms with van der Waals surface area (Å²) < 4.78 is 36.6. The van der Waals surface area contributed by atoms with Gasteiger partial charge in [0.25, 0.3) is 5.91 Å². The number of rotatable bonds is 3. The Morgan fingerprint density at radius 1 is 1.42 bits per heavy atom. The van der Waals surface area contributed by atoms with E-state index in [9.17, 15) is 17.6 Å². The van der Waals surface area contributed by atoms with Crippen molar-refractivity contribution in [1.29, 1.82) is 0 Å². The van der Waals surface area contributed by atoms with Crippen molar-refractivity contribution in [2.75, 3.05) is 18.8 Å². The number of hydrogen-bond donors (Lipinski definition) is 0. The molecule has 6 heteroatoms. The van der Waals surface area contributed by atoms with E-state index in [1.807, 2.05) is 0 Å². The van der Waals surface area contributed by atoms with Gasteiger partial charge in [0, 0.05) is 24.4 Å². The number of carbonyl (C=O) groups excluding carboxylic acids is 1. The fourth-order valence-electron chi connectivity index (χ4n) is 1.98. The Morgan fingerprint density at radius 3 is 2.58 bits per heavy atom. The lowest BCUT2D eigenvalue weighted by molar-refractivity contribution is 0.0658. The summed E-state index contributed by atoms with van der Waals surface area (Å²) in [4.78, 5) is 13.4. The molecule has 0 saturated carbocycles. The molecule has 1 heterocycles. The van der Waals surface area contributed by atoms with Gasteiger partial charge in [-0.15, -0.1) is 0 Å². The topological polar surface area (TPSA) is 54.5 Å². The van der Waals surface area contributed by atoms with E-state index in [4.69, 9.17) is 0 Å². The average molecular weight is 285 g/mol. The first-order valence-corrected chi connectivity index (χ1v) is 7.83. The van der Waals surface area contributed by atoms with Crippen LogP contribution in [0, 0.1) is 12.7 Å². The fraction of sp³-hybridized carbons (Fsp3) is 0.462. The van der Waals surface area contributed by atoms with Crippen molar-refractivity contribution in [2.24, 2.45) is 0 Å². The third-order valence-corrected chi connectivity index (χ3v) is 5.58. The first-order chi connectivity index (χ1) is 8.85. The first kappa shape index (κ1) is 14.0. The van der Waals surface area contributed by atoms with Gasteiger partial charge in [-0.25, -0.2) is 12.8 Å². The van der Waals surface area contributed by atoms with Gasteiger partial charge in [-0.2, -0.15) is 0 Å². The summed E-state index contributed by atoms with van der Waals surface area (Å²) in [7, 11) is -3.09. The third-order valence-electron chi connectivity index (χ3n) is 3.46. The summed E-state index contributed by atoms with van der Waals surface area (Å²) >= 11 is 0. The molecule has 2 rings (SSSR count). The van der Waals surface area contributed by atoms with Crippen LogP contribution in [0.3, 0.4) is 0 Å². The van der Waals surface area contributed by atoms with Gasteiger partial charge in [0.15, 0.2) is 9.84 Å². The van der Waals surface area contributed by atoms with E-state index < -0.39 is 20.9 Å². The quantitative estimate of drug-likeness (QED) is 0.843. The second-order valence-electron chi connectivity index (χ2n) is 4.75. The van der Waals surface area contributed by atoms with Crippen LogP contribution in [0.5, 0.6) is 0 Å². The Balaban J connectivity index is 2.06. The second-order valence-corrected chi connectivity index (χ2v) is 7.32. The van der Waals surface area contributed by atoms with Gasteiger partial charge in [-0.1, -0.05) is 13.0 Å². The summed E-state index contributed by atoms with van der Waals surface area (Å²) in [6, 6.07) is 4.30. The fourth-order valence-corrected chi connectivity index (χ4v) is 3.26. The molecule has 1 aromatic rings. The van der Waals surface area contributed by atoms with Crippen LogP contribution >= 0.6 is 0 Å². The highest BCUT2D eigenvalue weighted by atomic mass is 32.2. The molecular weight excluding hydrogens is 269 g/mol. The van der Waals surface area contributed by atoms with E-state index in [2.05, 4.69) is 0 Å². The molecule has 104 valence electrons. The van der Waals surface area contributed by atoms with Crippen LogP contribution in [0.2, 0.25) is 0 Å². The highest BCUT2D eigenvalue weighted by Gasteiger charge is 2.38. The van der Waals surface area contributed by atoms with Gasteiger partial charge < -0.3 is 4.90 Å². The molecule has 0 spiro atoms. The van der Waals surface area contributed by atoms with Gasteiger partial charge in [0.05, 0.1) is 5.25 Å². The number of aryl methyl sites for hydroxylation is 1. The van der Waals surface area contributed by atoms with E-state index in [1.165, 1.54) is 11.0 Å². The van der Waals surface area contributed by atoms with Crippen LogP contribution in [0.1, 0.15) is 22.8 Å². The van der Waals surface area contributed by atoms with E-state index >= 15 is 0 Å². The van der Waals surface area contributed by atoms with E-state index in [0.717, 1.165) is 0 Å². The maximum atomic E-state index is 13.4. The first-order valence-electron chi connectivity index (χ1n) is 6.12. The van der Waals surface area contributed by atoms with E-state index in [1.54, 1.807) is 26.0 Å². The lowest BCUT2D eigenvalue weighted by atomic mass is 10.1. The number of hydrogen-bond acceptors (Lipinski definition) is 3. The Labute approximate surface area is 112 Å². The summed E-state index contributed by atoms with van der Waals surface area (Å²) in [5, 5.41) is -0.475. The average Bonchev–Trinajstić information content (AvgIpc) is 2.30. The van der Waals surface area contributed by atoms with Crippen molar-refractivity contribution in [3.63, 3.8) is 0 Å². The monoisotopic (exact) mass is 285 g/mol. The Bertz CT molecular complexity index is 606. The smallest absolute Gasteiger partial charge is 0.254 e. The molecule has 1 aromatic carbocycles. The molecule has 1 aliphatic rings. The van der Waals surface area contributed by atoms with Crippen LogP contribution < -0.4 is 0 Å². The molecular formula is C13H16FNO3S. The van der Waals surface area contributed by atoms with Crippen LogP contribution in [0.15, 0.2) is 18.2 Å². The highest BCUT2D eigenvalue weighted by Crippen LogP contribution is 2.20. The molecule has 1 amide bonds. The van der Waals surface area contributed by atoms with Gasteiger partial charge in [0.1, 0.15) is 5.82 Å². The minimum atomic E-state index is -3.09.